The summed E-state index contributed by atoms with van der Waals surface area (Å²) >= 11 is 3.37. The predicted octanol–water partition coefficient (Wildman–Crippen LogP) is 2.18. The van der Waals surface area contributed by atoms with E-state index in [2.05, 4.69) is 21.2 Å². The summed E-state index contributed by atoms with van der Waals surface area (Å²) < 4.78 is 0.982. The molecule has 0 aliphatic carbocycles. The molecule has 0 atom stereocenters. The first-order valence-corrected chi connectivity index (χ1v) is 5.35. The van der Waals surface area contributed by atoms with Gasteiger partial charge in [-0.15, -0.1) is 0 Å². The molecule has 1 amide bonds. The van der Waals surface area contributed by atoms with E-state index < -0.39 is 0 Å². The molecule has 0 aromatic heterocycles. The van der Waals surface area contributed by atoms with E-state index in [1.807, 2.05) is 30.4 Å². The predicted molar refractivity (Wildman–Crippen MR) is 66.3 cm³/mol. The molecule has 1 rings (SSSR count). The zero-order valence-corrected chi connectivity index (χ0v) is 10.0. The number of nitrogens with one attached hydrogen (secondary N) is 1. The summed E-state index contributed by atoms with van der Waals surface area (Å²) in [5, 5.41) is 2.67. The number of nitrogen functional groups attached to an aromatic ring is 1. The topological polar surface area (TPSA) is 55.1 Å². The van der Waals surface area contributed by atoms with Gasteiger partial charge >= 0.3 is 0 Å². The molecule has 0 radical (unpaired) electrons. The highest BCUT2D eigenvalue weighted by atomic mass is 79.9. The van der Waals surface area contributed by atoms with Crippen molar-refractivity contribution < 1.29 is 4.79 Å². The molecule has 0 bridgehead atoms. The van der Waals surface area contributed by atoms with Gasteiger partial charge in [-0.3, -0.25) is 4.79 Å². The van der Waals surface area contributed by atoms with Crippen molar-refractivity contribution in [3.63, 3.8) is 0 Å². The van der Waals surface area contributed by atoms with Crippen molar-refractivity contribution in [3.05, 3.63) is 34.3 Å². The van der Waals surface area contributed by atoms with Crippen molar-refractivity contribution >= 4 is 33.6 Å². The van der Waals surface area contributed by atoms with Crippen LogP contribution >= 0.6 is 15.9 Å². The van der Waals surface area contributed by atoms with Crippen LogP contribution in [0.1, 0.15) is 12.5 Å². The molecule has 0 unspecified atom stereocenters. The average Bonchev–Trinajstić information content (AvgIpc) is 2.17. The molecule has 1 aromatic carbocycles. The normalized spacial score (nSPS) is 10.5. The highest BCUT2D eigenvalue weighted by Gasteiger charge is 1.95. The summed E-state index contributed by atoms with van der Waals surface area (Å²) in [6, 6.07) is 5.66. The number of anilines is 1. The maximum atomic E-state index is 10.6. The fraction of sp³-hybridized carbons (Fsp3) is 0.182. The summed E-state index contributed by atoms with van der Waals surface area (Å²) in [6.45, 7) is 2.00. The van der Waals surface area contributed by atoms with Crippen LogP contribution in [-0.4, -0.2) is 12.5 Å². The molecule has 0 saturated carbocycles. The molecule has 0 saturated heterocycles. The van der Waals surface area contributed by atoms with Crippen molar-refractivity contribution in [2.24, 2.45) is 0 Å². The molecule has 0 heterocycles. The Balaban J connectivity index is 2.63. The summed E-state index contributed by atoms with van der Waals surface area (Å²) in [6.07, 6.45) is 3.75. The second kappa shape index (κ2) is 5.56. The molecular weight excluding hydrogens is 256 g/mol. The molecule has 3 N–H and O–H groups in total. The molecule has 0 aliphatic rings. The SMILES string of the molecule is CC(=O)NCC=Cc1cc(Br)ccc1N. The summed E-state index contributed by atoms with van der Waals surface area (Å²) in [7, 11) is 0. The van der Waals surface area contributed by atoms with Crippen LogP contribution in [0.5, 0.6) is 0 Å². The van der Waals surface area contributed by atoms with Crippen molar-refractivity contribution in [1.29, 1.82) is 0 Å². The Kier molecular flexibility index (Phi) is 4.37. The molecule has 0 fully saturated rings. The Morgan fingerprint density at radius 1 is 1.60 bits per heavy atom. The van der Waals surface area contributed by atoms with Gasteiger partial charge in [0.25, 0.3) is 0 Å². The average molecular weight is 269 g/mol. The number of carbonyl (C=O) groups excluding carboxylic acids is 1. The van der Waals surface area contributed by atoms with Gasteiger partial charge in [0.05, 0.1) is 0 Å². The van der Waals surface area contributed by atoms with E-state index >= 15 is 0 Å². The van der Waals surface area contributed by atoms with E-state index in [9.17, 15) is 4.79 Å². The number of hydrogen-bond acceptors (Lipinski definition) is 2. The van der Waals surface area contributed by atoms with Gasteiger partial charge in [-0.2, -0.15) is 0 Å². The third kappa shape index (κ3) is 4.16. The Labute approximate surface area is 97.5 Å². The van der Waals surface area contributed by atoms with Gasteiger partial charge in [-0.25, -0.2) is 0 Å². The van der Waals surface area contributed by atoms with Gasteiger partial charge in [-0.1, -0.05) is 28.1 Å². The Morgan fingerprint density at radius 3 is 3.00 bits per heavy atom. The van der Waals surface area contributed by atoms with Crippen molar-refractivity contribution in [2.75, 3.05) is 12.3 Å². The number of amides is 1. The lowest BCUT2D eigenvalue weighted by atomic mass is 10.1. The summed E-state index contributed by atoms with van der Waals surface area (Å²) in [5.41, 5.74) is 7.43. The highest BCUT2D eigenvalue weighted by molar-refractivity contribution is 9.10. The first-order chi connectivity index (χ1) is 7.09. The lowest BCUT2D eigenvalue weighted by molar-refractivity contribution is -0.118. The standard InChI is InChI=1S/C11H13BrN2O/c1-8(15)14-6-2-3-9-7-10(12)4-5-11(9)13/h2-5,7H,6,13H2,1H3,(H,14,15). The van der Waals surface area contributed by atoms with E-state index in [1.165, 1.54) is 6.92 Å². The van der Waals surface area contributed by atoms with Gasteiger partial charge in [0.2, 0.25) is 5.91 Å². The van der Waals surface area contributed by atoms with Crippen LogP contribution in [0.25, 0.3) is 6.08 Å². The van der Waals surface area contributed by atoms with Crippen LogP contribution in [0, 0.1) is 0 Å². The molecule has 0 spiro atoms. The van der Waals surface area contributed by atoms with Crippen LogP contribution in [0.3, 0.4) is 0 Å². The summed E-state index contributed by atoms with van der Waals surface area (Å²) in [5.74, 6) is -0.0399. The zero-order valence-electron chi connectivity index (χ0n) is 8.46. The van der Waals surface area contributed by atoms with E-state index in [4.69, 9.17) is 5.73 Å². The largest absolute Gasteiger partial charge is 0.398 e. The van der Waals surface area contributed by atoms with Gasteiger partial charge in [-0.05, 0) is 23.8 Å². The van der Waals surface area contributed by atoms with Crippen LogP contribution in [-0.2, 0) is 4.79 Å². The fourth-order valence-electron chi connectivity index (χ4n) is 1.08. The van der Waals surface area contributed by atoms with Crippen molar-refractivity contribution in [3.8, 4) is 0 Å². The minimum Gasteiger partial charge on any atom is -0.398 e. The first kappa shape index (κ1) is 11.8. The number of halogens is 1. The molecule has 80 valence electrons. The molecular formula is C11H13BrN2O. The van der Waals surface area contributed by atoms with Gasteiger partial charge in [0.1, 0.15) is 0 Å². The molecule has 4 heteroatoms. The second-order valence-electron chi connectivity index (χ2n) is 3.11. The Hall–Kier alpha value is -1.29. The molecule has 0 aliphatic heterocycles. The van der Waals surface area contributed by atoms with Crippen LogP contribution < -0.4 is 11.1 Å². The molecule has 1 aromatic rings. The fourth-order valence-corrected chi connectivity index (χ4v) is 1.46. The lowest BCUT2D eigenvalue weighted by Crippen LogP contribution is -2.19. The van der Waals surface area contributed by atoms with Crippen molar-refractivity contribution in [2.45, 2.75) is 6.92 Å². The van der Waals surface area contributed by atoms with E-state index in [0.717, 1.165) is 15.7 Å². The second-order valence-corrected chi connectivity index (χ2v) is 4.03. The maximum absolute atomic E-state index is 10.6. The van der Waals surface area contributed by atoms with Gasteiger partial charge in [0.15, 0.2) is 0 Å². The summed E-state index contributed by atoms with van der Waals surface area (Å²) in [4.78, 5) is 10.6. The maximum Gasteiger partial charge on any atom is 0.217 e. The Morgan fingerprint density at radius 2 is 2.33 bits per heavy atom. The van der Waals surface area contributed by atoms with E-state index in [-0.39, 0.29) is 5.91 Å². The lowest BCUT2D eigenvalue weighted by Gasteiger charge is -2.01. The van der Waals surface area contributed by atoms with Crippen molar-refractivity contribution in [1.82, 2.24) is 5.32 Å². The quantitative estimate of drug-likeness (QED) is 0.826. The van der Waals surface area contributed by atoms with Crippen LogP contribution in [0.2, 0.25) is 0 Å². The minimum absolute atomic E-state index is 0.0399. The zero-order chi connectivity index (χ0) is 11.3. The van der Waals surface area contributed by atoms with E-state index in [0.29, 0.717) is 6.54 Å². The molecule has 3 nitrogen and oxygen atoms in total. The third-order valence-electron chi connectivity index (χ3n) is 1.82. The number of nitrogens with two attached hydrogens (primary N) is 1. The van der Waals surface area contributed by atoms with Crippen LogP contribution in [0.15, 0.2) is 28.7 Å². The molecule has 15 heavy (non-hydrogen) atoms. The third-order valence-corrected chi connectivity index (χ3v) is 2.31. The van der Waals surface area contributed by atoms with E-state index in [1.54, 1.807) is 0 Å². The van der Waals surface area contributed by atoms with Crippen LogP contribution in [0.4, 0.5) is 5.69 Å². The van der Waals surface area contributed by atoms with Gasteiger partial charge in [0, 0.05) is 23.6 Å². The first-order valence-electron chi connectivity index (χ1n) is 4.55. The number of carbonyl (C=O) groups is 1. The number of hydrogen-bond donors (Lipinski definition) is 2. The number of benzene rings is 1. The number of rotatable bonds is 3. The highest BCUT2D eigenvalue weighted by Crippen LogP contribution is 2.19. The Bertz CT molecular complexity index is 388. The van der Waals surface area contributed by atoms with Gasteiger partial charge < -0.3 is 11.1 Å². The minimum atomic E-state index is -0.0399. The smallest absolute Gasteiger partial charge is 0.217 e. The monoisotopic (exact) mass is 268 g/mol.